The summed E-state index contributed by atoms with van der Waals surface area (Å²) in [6, 6.07) is 0. The first-order valence-electron chi connectivity index (χ1n) is 12.8. The third-order valence-corrected chi connectivity index (χ3v) is 7.41. The summed E-state index contributed by atoms with van der Waals surface area (Å²) in [5.41, 5.74) is 5.45. The molecule has 0 bridgehead atoms. The van der Waals surface area contributed by atoms with E-state index >= 15 is 0 Å². The van der Waals surface area contributed by atoms with Crippen LogP contribution in [0.15, 0.2) is 12.7 Å². The Morgan fingerprint density at radius 2 is 1.87 bits per heavy atom. The van der Waals surface area contributed by atoms with E-state index in [-0.39, 0.29) is 18.5 Å². The van der Waals surface area contributed by atoms with Crippen LogP contribution in [0.2, 0.25) is 0 Å². The van der Waals surface area contributed by atoms with E-state index in [1.54, 1.807) is 31.7 Å². The number of aromatic nitrogens is 4. The van der Waals surface area contributed by atoms with E-state index in [2.05, 4.69) is 20.0 Å². The van der Waals surface area contributed by atoms with Gasteiger partial charge in [0.15, 0.2) is 17.6 Å². The summed E-state index contributed by atoms with van der Waals surface area (Å²) in [7, 11) is -3.94. The molecule has 38 heavy (non-hydrogen) atoms. The zero-order valence-corrected chi connectivity index (χ0v) is 24.2. The van der Waals surface area contributed by atoms with Crippen LogP contribution in [-0.2, 0) is 39.4 Å². The summed E-state index contributed by atoms with van der Waals surface area (Å²) >= 11 is 0. The van der Waals surface area contributed by atoms with Crippen LogP contribution in [0.5, 0.6) is 0 Å². The first kappa shape index (κ1) is 31.6. The standard InChI is InChI=1S/C24H41N6O7P/c1-8-9-10-11-34-22(31)18(5)37-38(33,29-24(6,7)23(32)36-16(2)3)15-35-17(4)12-30-14-28-19-20(25)26-13-27-21(19)30/h13-14,16-18H,8-12,15H2,1-7H3,(H,29,33)(H2,25,26,27)/t17-,18+,38?/m1/s1. The second-order valence-electron chi connectivity index (χ2n) is 9.92. The molecular formula is C24H41N6O7P. The minimum absolute atomic E-state index is 0.241. The van der Waals surface area contributed by atoms with Gasteiger partial charge in [-0.05, 0) is 48.0 Å². The lowest BCUT2D eigenvalue weighted by Gasteiger charge is -2.32. The van der Waals surface area contributed by atoms with Crippen LogP contribution in [0.4, 0.5) is 5.82 Å². The average Bonchev–Trinajstić information content (AvgIpc) is 3.23. The number of anilines is 1. The molecule has 0 fully saturated rings. The maximum atomic E-state index is 13.9. The highest BCUT2D eigenvalue weighted by atomic mass is 31.2. The molecule has 0 radical (unpaired) electrons. The molecule has 2 heterocycles. The number of nitrogens with one attached hydrogen (secondary N) is 1. The molecule has 2 aromatic heterocycles. The van der Waals surface area contributed by atoms with Gasteiger partial charge in [0.1, 0.15) is 23.7 Å². The van der Waals surface area contributed by atoms with Crippen LogP contribution in [0, 0.1) is 0 Å². The summed E-state index contributed by atoms with van der Waals surface area (Å²) in [5, 5.41) is 2.76. The fraction of sp³-hybridized carbons (Fsp3) is 0.708. The van der Waals surface area contributed by atoms with Gasteiger partial charge in [-0.15, -0.1) is 0 Å². The van der Waals surface area contributed by atoms with Crippen molar-refractivity contribution in [2.24, 2.45) is 0 Å². The number of ether oxygens (including phenoxy) is 3. The first-order chi connectivity index (χ1) is 17.8. The molecule has 2 rings (SSSR count). The average molecular weight is 557 g/mol. The Hall–Kier alpha value is -2.60. The maximum Gasteiger partial charge on any atom is 0.335 e. The third-order valence-electron chi connectivity index (χ3n) is 5.37. The summed E-state index contributed by atoms with van der Waals surface area (Å²) < 4.78 is 37.8. The molecule has 1 unspecified atom stereocenters. The number of nitrogens with two attached hydrogens (primary N) is 1. The molecule has 0 aliphatic rings. The van der Waals surface area contributed by atoms with Gasteiger partial charge in [0.05, 0.1) is 31.7 Å². The summed E-state index contributed by atoms with van der Waals surface area (Å²) in [6.45, 7) is 12.3. The van der Waals surface area contributed by atoms with E-state index in [0.717, 1.165) is 19.3 Å². The monoisotopic (exact) mass is 556 g/mol. The number of carbonyl (C=O) groups is 2. The number of rotatable bonds is 16. The number of hydrogen-bond donors (Lipinski definition) is 2. The molecule has 0 amide bonds. The van der Waals surface area contributed by atoms with Gasteiger partial charge in [-0.1, -0.05) is 19.8 Å². The van der Waals surface area contributed by atoms with Gasteiger partial charge < -0.3 is 29.0 Å². The second kappa shape index (κ2) is 14.0. The molecule has 3 atom stereocenters. The third kappa shape index (κ3) is 9.30. The first-order valence-corrected chi connectivity index (χ1v) is 14.6. The summed E-state index contributed by atoms with van der Waals surface area (Å²) in [6.07, 6.45) is 3.08. The molecular weight excluding hydrogens is 515 g/mol. The van der Waals surface area contributed by atoms with E-state index in [4.69, 9.17) is 24.5 Å². The molecule has 2 aromatic rings. The Kier molecular flexibility index (Phi) is 11.6. The number of nitrogen functional groups attached to an aromatic ring is 1. The second-order valence-corrected chi connectivity index (χ2v) is 12.0. The van der Waals surface area contributed by atoms with Gasteiger partial charge in [-0.25, -0.2) is 24.8 Å². The van der Waals surface area contributed by atoms with Crippen LogP contribution < -0.4 is 10.8 Å². The van der Waals surface area contributed by atoms with Crippen molar-refractivity contribution in [3.05, 3.63) is 12.7 Å². The normalized spacial score (nSPS) is 15.3. The van der Waals surface area contributed by atoms with Gasteiger partial charge >= 0.3 is 11.9 Å². The van der Waals surface area contributed by atoms with Crippen LogP contribution in [0.1, 0.15) is 67.7 Å². The van der Waals surface area contributed by atoms with Crippen LogP contribution in [-0.4, -0.2) is 68.3 Å². The highest BCUT2D eigenvalue weighted by molar-refractivity contribution is 7.56. The number of hydrogen-bond acceptors (Lipinski definition) is 11. The fourth-order valence-electron chi connectivity index (χ4n) is 3.45. The Morgan fingerprint density at radius 3 is 2.53 bits per heavy atom. The largest absolute Gasteiger partial charge is 0.464 e. The van der Waals surface area contributed by atoms with Crippen molar-refractivity contribution in [3.8, 4) is 0 Å². The summed E-state index contributed by atoms with van der Waals surface area (Å²) in [5.74, 6) is -1.02. The van der Waals surface area contributed by atoms with Crippen molar-refractivity contribution in [1.82, 2.24) is 24.6 Å². The van der Waals surface area contributed by atoms with Gasteiger partial charge in [0, 0.05) is 0 Å². The molecule has 14 heteroatoms. The predicted molar refractivity (Wildman–Crippen MR) is 142 cm³/mol. The molecule has 13 nitrogen and oxygen atoms in total. The Balaban J connectivity index is 2.14. The molecule has 0 aliphatic carbocycles. The zero-order chi connectivity index (χ0) is 28.5. The Morgan fingerprint density at radius 1 is 1.16 bits per heavy atom. The zero-order valence-electron chi connectivity index (χ0n) is 23.3. The highest BCUT2D eigenvalue weighted by Gasteiger charge is 2.41. The van der Waals surface area contributed by atoms with E-state index in [1.807, 2.05) is 6.92 Å². The minimum Gasteiger partial charge on any atom is -0.464 e. The number of carbonyl (C=O) groups excluding carboxylic acids is 2. The summed E-state index contributed by atoms with van der Waals surface area (Å²) in [4.78, 5) is 37.5. The van der Waals surface area contributed by atoms with Gasteiger partial charge in [-0.2, -0.15) is 0 Å². The van der Waals surface area contributed by atoms with Crippen molar-refractivity contribution in [3.63, 3.8) is 0 Å². The topological polar surface area (TPSA) is 170 Å². The lowest BCUT2D eigenvalue weighted by atomic mass is 10.1. The van der Waals surface area contributed by atoms with Crippen molar-refractivity contribution >= 4 is 36.4 Å². The van der Waals surface area contributed by atoms with Crippen LogP contribution in [0.25, 0.3) is 11.2 Å². The number of imidazole rings is 1. The Bertz CT molecular complexity index is 1120. The fourth-order valence-corrected chi connectivity index (χ4v) is 5.62. The number of unbranched alkanes of at least 4 members (excludes halogenated alkanes) is 2. The van der Waals surface area contributed by atoms with Gasteiger partial charge in [-0.3, -0.25) is 9.36 Å². The number of fused-ring (bicyclic) bond motifs is 1. The van der Waals surface area contributed by atoms with Crippen molar-refractivity contribution in [2.75, 3.05) is 18.7 Å². The van der Waals surface area contributed by atoms with Crippen LogP contribution in [0.3, 0.4) is 0 Å². The molecule has 3 N–H and O–H groups in total. The quantitative estimate of drug-likeness (QED) is 0.176. The van der Waals surface area contributed by atoms with Crippen molar-refractivity contribution in [1.29, 1.82) is 0 Å². The SMILES string of the molecule is CCCCCOC(=O)[C@H](C)OP(=O)(CO[C@H](C)Cn1cnc2c(N)ncnc21)NC(C)(C)C(=O)OC(C)C. The highest BCUT2D eigenvalue weighted by Crippen LogP contribution is 2.46. The smallest absolute Gasteiger partial charge is 0.335 e. The van der Waals surface area contributed by atoms with E-state index < -0.39 is 43.6 Å². The minimum atomic E-state index is -3.94. The number of esters is 2. The molecule has 214 valence electrons. The molecule has 0 saturated carbocycles. The van der Waals surface area contributed by atoms with Crippen LogP contribution >= 0.6 is 7.52 Å². The van der Waals surface area contributed by atoms with E-state index in [9.17, 15) is 14.2 Å². The lowest BCUT2D eigenvalue weighted by molar-refractivity contribution is -0.153. The molecule has 0 saturated heterocycles. The lowest BCUT2D eigenvalue weighted by Crippen LogP contribution is -2.48. The van der Waals surface area contributed by atoms with E-state index in [1.165, 1.54) is 27.1 Å². The number of nitrogens with zero attached hydrogens (tertiary/aromatic N) is 4. The Labute approximate surface area is 223 Å². The predicted octanol–water partition coefficient (Wildman–Crippen LogP) is 3.42. The van der Waals surface area contributed by atoms with Gasteiger partial charge in [0.25, 0.3) is 7.52 Å². The van der Waals surface area contributed by atoms with Gasteiger partial charge in [0.2, 0.25) is 0 Å². The van der Waals surface area contributed by atoms with E-state index in [0.29, 0.717) is 17.7 Å². The molecule has 0 spiro atoms. The van der Waals surface area contributed by atoms with Crippen molar-refractivity contribution in [2.45, 2.75) is 98.1 Å². The molecule has 0 aliphatic heterocycles. The van der Waals surface area contributed by atoms with Crippen molar-refractivity contribution < 1.29 is 32.9 Å². The molecule has 0 aromatic carbocycles. The maximum absolute atomic E-state index is 13.9.